The highest BCUT2D eigenvalue weighted by Gasteiger charge is 2.49. The molecule has 0 amide bonds. The van der Waals surface area contributed by atoms with Crippen molar-refractivity contribution >= 4 is 11.9 Å². The topological polar surface area (TPSA) is 52.6 Å². The molecular formula is C17H20F6O4. The normalized spacial score (nSPS) is 29.7. The Balaban J connectivity index is 1.94. The van der Waals surface area contributed by atoms with Crippen molar-refractivity contribution in [1.29, 1.82) is 0 Å². The molecule has 4 nitrogen and oxygen atoms in total. The summed E-state index contributed by atoms with van der Waals surface area (Å²) in [5, 5.41) is 0. The summed E-state index contributed by atoms with van der Waals surface area (Å²) in [6.45, 7) is 1.14. The van der Waals surface area contributed by atoms with Gasteiger partial charge >= 0.3 is 24.3 Å². The van der Waals surface area contributed by atoms with Crippen LogP contribution in [0.3, 0.4) is 0 Å². The minimum absolute atomic E-state index is 0.0581. The van der Waals surface area contributed by atoms with Gasteiger partial charge in [0.1, 0.15) is 12.2 Å². The molecule has 0 radical (unpaired) electrons. The molecule has 2 aliphatic carbocycles. The molecule has 0 N–H and O–H groups in total. The van der Waals surface area contributed by atoms with Crippen molar-refractivity contribution in [2.24, 2.45) is 11.8 Å². The molecule has 27 heavy (non-hydrogen) atoms. The zero-order chi connectivity index (χ0) is 20.4. The van der Waals surface area contributed by atoms with E-state index in [0.29, 0.717) is 6.08 Å². The quantitative estimate of drug-likeness (QED) is 0.395. The molecule has 0 spiro atoms. The van der Waals surface area contributed by atoms with E-state index in [-0.39, 0.29) is 44.1 Å². The van der Waals surface area contributed by atoms with Crippen molar-refractivity contribution in [3.05, 3.63) is 11.6 Å². The number of alkyl halides is 6. The van der Waals surface area contributed by atoms with E-state index in [1.54, 1.807) is 0 Å². The number of halogens is 6. The first kappa shape index (κ1) is 21.6. The number of carbonyl (C=O) groups excluding carboxylic acids is 2. The van der Waals surface area contributed by atoms with E-state index in [4.69, 9.17) is 9.47 Å². The molecule has 0 heterocycles. The Morgan fingerprint density at radius 1 is 0.815 bits per heavy atom. The summed E-state index contributed by atoms with van der Waals surface area (Å²) >= 11 is 0. The van der Waals surface area contributed by atoms with Crippen molar-refractivity contribution in [2.75, 3.05) is 0 Å². The maximum Gasteiger partial charge on any atom is 0.395 e. The fourth-order valence-corrected chi connectivity index (χ4v) is 3.53. The van der Waals surface area contributed by atoms with Crippen LogP contribution < -0.4 is 0 Å². The van der Waals surface area contributed by atoms with Crippen molar-refractivity contribution in [3.63, 3.8) is 0 Å². The number of rotatable bonds is 4. The van der Waals surface area contributed by atoms with Crippen molar-refractivity contribution in [2.45, 2.75) is 70.0 Å². The van der Waals surface area contributed by atoms with E-state index in [1.807, 2.05) is 0 Å². The fraction of sp³-hybridized carbons (Fsp3) is 0.765. The molecule has 0 aliphatic heterocycles. The summed E-state index contributed by atoms with van der Waals surface area (Å²) in [7, 11) is 0. The molecule has 0 aromatic heterocycles. The number of hydrogen-bond acceptors (Lipinski definition) is 4. The molecule has 4 atom stereocenters. The Kier molecular flexibility index (Phi) is 6.47. The van der Waals surface area contributed by atoms with Crippen molar-refractivity contribution < 1.29 is 45.4 Å². The average Bonchev–Trinajstić information content (AvgIpc) is 3.14. The molecule has 2 aliphatic rings. The van der Waals surface area contributed by atoms with Crippen molar-refractivity contribution in [1.82, 2.24) is 0 Å². The zero-order valence-corrected chi connectivity index (χ0v) is 14.5. The SMILES string of the molecule is C/C(=C\C(=O)OC1CCCC1C(F)(F)F)C(=O)OC1CCCC1C(F)(F)F. The fourth-order valence-electron chi connectivity index (χ4n) is 3.53. The highest BCUT2D eigenvalue weighted by atomic mass is 19.4. The zero-order valence-electron chi connectivity index (χ0n) is 14.5. The van der Waals surface area contributed by atoms with Gasteiger partial charge in [-0.05, 0) is 45.4 Å². The van der Waals surface area contributed by atoms with Gasteiger partial charge in [0.2, 0.25) is 0 Å². The minimum atomic E-state index is -4.49. The third-order valence-electron chi connectivity index (χ3n) is 4.93. The summed E-state index contributed by atoms with van der Waals surface area (Å²) < 4.78 is 86.7. The Morgan fingerprint density at radius 3 is 1.70 bits per heavy atom. The van der Waals surface area contributed by atoms with Gasteiger partial charge in [-0.1, -0.05) is 0 Å². The largest absolute Gasteiger partial charge is 0.459 e. The molecule has 0 saturated heterocycles. The standard InChI is InChI=1S/C17H20F6O4/c1-9(15(25)27-13-7-3-5-11(13)17(21,22)23)8-14(24)26-12-6-2-4-10(12)16(18,19)20/h8,10-13H,2-7H2,1H3/b9-8+. The van der Waals surface area contributed by atoms with Crippen LogP contribution in [0.4, 0.5) is 26.3 Å². The Labute approximate surface area is 151 Å². The minimum Gasteiger partial charge on any atom is -0.459 e. The predicted octanol–water partition coefficient (Wildman–Crippen LogP) is 4.48. The van der Waals surface area contributed by atoms with Crippen molar-refractivity contribution in [3.8, 4) is 0 Å². The van der Waals surface area contributed by atoms with E-state index >= 15 is 0 Å². The summed E-state index contributed by atoms with van der Waals surface area (Å²) in [6, 6.07) is 0. The highest BCUT2D eigenvalue weighted by Crippen LogP contribution is 2.41. The second kappa shape index (κ2) is 8.10. The monoisotopic (exact) mass is 402 g/mol. The maximum atomic E-state index is 12.9. The lowest BCUT2D eigenvalue weighted by molar-refractivity contribution is -0.202. The molecule has 0 aromatic rings. The van der Waals surface area contributed by atoms with E-state index < -0.39 is 48.3 Å². The van der Waals surface area contributed by atoms with Crippen LogP contribution in [0.1, 0.15) is 45.4 Å². The van der Waals surface area contributed by atoms with Crippen LogP contribution >= 0.6 is 0 Å². The molecule has 0 bridgehead atoms. The van der Waals surface area contributed by atoms with Gasteiger partial charge in [-0.2, -0.15) is 26.3 Å². The summed E-state index contributed by atoms with van der Waals surface area (Å²) in [6.07, 6.45) is -10.7. The first-order valence-electron chi connectivity index (χ1n) is 8.63. The first-order valence-corrected chi connectivity index (χ1v) is 8.63. The Bertz CT molecular complexity index is 595. The van der Waals surface area contributed by atoms with Crippen LogP contribution in [0.2, 0.25) is 0 Å². The summed E-state index contributed by atoms with van der Waals surface area (Å²) in [5.74, 6) is -5.78. The average molecular weight is 402 g/mol. The predicted molar refractivity (Wildman–Crippen MR) is 80.3 cm³/mol. The first-order chi connectivity index (χ1) is 12.4. The van der Waals surface area contributed by atoms with E-state index in [9.17, 15) is 35.9 Å². The van der Waals surface area contributed by atoms with Crippen LogP contribution in [-0.4, -0.2) is 36.5 Å². The lowest BCUT2D eigenvalue weighted by Crippen LogP contribution is -2.34. The Morgan fingerprint density at radius 2 is 1.26 bits per heavy atom. The van der Waals surface area contributed by atoms with Crippen LogP contribution in [0.5, 0.6) is 0 Å². The molecule has 2 fully saturated rings. The molecule has 2 rings (SSSR count). The third kappa shape index (κ3) is 5.62. The van der Waals surface area contributed by atoms with Crippen LogP contribution in [-0.2, 0) is 19.1 Å². The number of esters is 2. The molecule has 10 heteroatoms. The lowest BCUT2D eigenvalue weighted by atomic mass is 10.1. The summed E-state index contributed by atoms with van der Waals surface area (Å²) in [5.41, 5.74) is -0.325. The number of hydrogen-bond donors (Lipinski definition) is 0. The Hall–Kier alpha value is -1.74. The second-order valence-electron chi connectivity index (χ2n) is 6.90. The van der Waals surface area contributed by atoms with E-state index in [0.717, 1.165) is 6.92 Å². The maximum absolute atomic E-state index is 12.9. The van der Waals surface area contributed by atoms with Gasteiger partial charge in [0.25, 0.3) is 0 Å². The van der Waals surface area contributed by atoms with E-state index in [1.165, 1.54) is 0 Å². The highest BCUT2D eigenvalue weighted by molar-refractivity contribution is 5.96. The third-order valence-corrected chi connectivity index (χ3v) is 4.93. The molecule has 2 saturated carbocycles. The van der Waals surface area contributed by atoms with Gasteiger partial charge in [0, 0.05) is 11.6 Å². The van der Waals surface area contributed by atoms with Gasteiger partial charge in [0.05, 0.1) is 11.8 Å². The second-order valence-corrected chi connectivity index (χ2v) is 6.90. The molecular weight excluding hydrogens is 382 g/mol. The van der Waals surface area contributed by atoms with Gasteiger partial charge < -0.3 is 9.47 Å². The number of carbonyl (C=O) groups is 2. The lowest BCUT2D eigenvalue weighted by Gasteiger charge is -2.23. The van der Waals surface area contributed by atoms with Gasteiger partial charge in [0.15, 0.2) is 0 Å². The smallest absolute Gasteiger partial charge is 0.395 e. The molecule has 154 valence electrons. The van der Waals surface area contributed by atoms with Crippen LogP contribution in [0.15, 0.2) is 11.6 Å². The van der Waals surface area contributed by atoms with Gasteiger partial charge in [-0.25, -0.2) is 9.59 Å². The summed E-state index contributed by atoms with van der Waals surface area (Å²) in [4.78, 5) is 23.7. The van der Waals surface area contributed by atoms with Gasteiger partial charge in [-0.3, -0.25) is 0 Å². The molecule has 0 aromatic carbocycles. The number of ether oxygens (including phenoxy) is 2. The molecule has 4 unspecified atom stereocenters. The van der Waals surface area contributed by atoms with Crippen LogP contribution in [0.25, 0.3) is 0 Å². The van der Waals surface area contributed by atoms with E-state index in [2.05, 4.69) is 0 Å². The van der Waals surface area contributed by atoms with Crippen LogP contribution in [0, 0.1) is 11.8 Å². The van der Waals surface area contributed by atoms with Gasteiger partial charge in [-0.15, -0.1) is 0 Å².